The SMILES string of the molecule is COc1ccc(C=CCN2CCn3nc(CNC(=O)C4CCC4)cc3C2)cc1. The number of ether oxygens (including phenoxy) is 1. The Morgan fingerprint density at radius 3 is 2.82 bits per heavy atom. The molecule has 2 heterocycles. The van der Waals surface area contributed by atoms with Gasteiger partial charge in [0.25, 0.3) is 0 Å². The molecule has 6 heteroatoms. The molecule has 1 saturated carbocycles. The fraction of sp³-hybridized carbons (Fsp3) is 0.455. The maximum Gasteiger partial charge on any atom is 0.223 e. The van der Waals surface area contributed by atoms with E-state index in [0.29, 0.717) is 6.54 Å². The van der Waals surface area contributed by atoms with Gasteiger partial charge in [0, 0.05) is 25.6 Å². The Hall–Kier alpha value is -2.60. The summed E-state index contributed by atoms with van der Waals surface area (Å²) in [6.45, 7) is 4.20. The number of nitrogens with one attached hydrogen (secondary N) is 1. The van der Waals surface area contributed by atoms with Crippen molar-refractivity contribution in [1.82, 2.24) is 20.0 Å². The highest BCUT2D eigenvalue weighted by atomic mass is 16.5. The Morgan fingerprint density at radius 1 is 1.29 bits per heavy atom. The highest BCUT2D eigenvalue weighted by Gasteiger charge is 2.25. The van der Waals surface area contributed by atoms with Gasteiger partial charge in [-0.2, -0.15) is 5.10 Å². The van der Waals surface area contributed by atoms with Crippen molar-refractivity contribution in [3.63, 3.8) is 0 Å². The van der Waals surface area contributed by atoms with Crippen molar-refractivity contribution in [2.45, 2.75) is 38.9 Å². The first-order chi connectivity index (χ1) is 13.7. The predicted octanol–water partition coefficient (Wildman–Crippen LogP) is 2.84. The maximum absolute atomic E-state index is 12.0. The second-order valence-corrected chi connectivity index (χ2v) is 7.61. The van der Waals surface area contributed by atoms with Gasteiger partial charge < -0.3 is 10.1 Å². The van der Waals surface area contributed by atoms with Gasteiger partial charge >= 0.3 is 0 Å². The lowest BCUT2D eigenvalue weighted by Gasteiger charge is -2.26. The van der Waals surface area contributed by atoms with Gasteiger partial charge in [0.1, 0.15) is 5.75 Å². The van der Waals surface area contributed by atoms with Gasteiger partial charge in [-0.05, 0) is 36.6 Å². The summed E-state index contributed by atoms with van der Waals surface area (Å²) in [6.07, 6.45) is 7.59. The van der Waals surface area contributed by atoms with Crippen LogP contribution in [-0.4, -0.2) is 40.8 Å². The number of carbonyl (C=O) groups excluding carboxylic acids is 1. The van der Waals surface area contributed by atoms with Crippen LogP contribution in [0.2, 0.25) is 0 Å². The van der Waals surface area contributed by atoms with E-state index in [4.69, 9.17) is 4.74 Å². The largest absolute Gasteiger partial charge is 0.497 e. The van der Waals surface area contributed by atoms with Crippen LogP contribution >= 0.6 is 0 Å². The van der Waals surface area contributed by atoms with E-state index >= 15 is 0 Å². The number of rotatable bonds is 7. The minimum atomic E-state index is 0.183. The lowest BCUT2D eigenvalue weighted by Crippen LogP contribution is -2.34. The van der Waals surface area contributed by atoms with Crippen molar-refractivity contribution in [2.24, 2.45) is 5.92 Å². The zero-order chi connectivity index (χ0) is 19.3. The fourth-order valence-electron chi connectivity index (χ4n) is 3.67. The number of carbonyl (C=O) groups is 1. The van der Waals surface area contributed by atoms with Crippen molar-refractivity contribution < 1.29 is 9.53 Å². The number of aromatic nitrogens is 2. The van der Waals surface area contributed by atoms with Crippen molar-refractivity contribution in [3.05, 3.63) is 53.4 Å². The molecule has 2 aromatic rings. The van der Waals surface area contributed by atoms with Crippen LogP contribution in [0.5, 0.6) is 5.75 Å². The van der Waals surface area contributed by atoms with E-state index in [9.17, 15) is 4.79 Å². The molecule has 1 N–H and O–H groups in total. The second kappa shape index (κ2) is 8.61. The van der Waals surface area contributed by atoms with Crippen molar-refractivity contribution in [1.29, 1.82) is 0 Å². The van der Waals surface area contributed by atoms with E-state index in [-0.39, 0.29) is 11.8 Å². The topological polar surface area (TPSA) is 59.4 Å². The van der Waals surface area contributed by atoms with E-state index < -0.39 is 0 Å². The maximum atomic E-state index is 12.0. The van der Waals surface area contributed by atoms with Gasteiger partial charge in [-0.1, -0.05) is 30.7 Å². The number of fused-ring (bicyclic) bond motifs is 1. The third-order valence-electron chi connectivity index (χ3n) is 5.64. The number of hydrogen-bond acceptors (Lipinski definition) is 4. The van der Waals surface area contributed by atoms with Crippen LogP contribution in [0.3, 0.4) is 0 Å². The number of nitrogens with zero attached hydrogens (tertiary/aromatic N) is 3. The van der Waals surface area contributed by atoms with Gasteiger partial charge in [0.15, 0.2) is 0 Å². The third-order valence-corrected chi connectivity index (χ3v) is 5.64. The second-order valence-electron chi connectivity index (χ2n) is 7.61. The van der Waals surface area contributed by atoms with Crippen LogP contribution in [-0.2, 0) is 24.4 Å². The number of amides is 1. The Labute approximate surface area is 166 Å². The highest BCUT2D eigenvalue weighted by molar-refractivity contribution is 5.79. The zero-order valence-electron chi connectivity index (χ0n) is 16.4. The number of hydrogen-bond donors (Lipinski definition) is 1. The Balaban J connectivity index is 1.27. The highest BCUT2D eigenvalue weighted by Crippen LogP contribution is 2.26. The van der Waals surface area contributed by atoms with E-state index in [2.05, 4.69) is 50.3 Å². The Kier molecular flexibility index (Phi) is 5.76. The van der Waals surface area contributed by atoms with Gasteiger partial charge in [-0.25, -0.2) is 0 Å². The third kappa shape index (κ3) is 4.44. The van der Waals surface area contributed by atoms with E-state index in [1.165, 1.54) is 17.7 Å². The average molecular weight is 380 g/mol. The Bertz CT molecular complexity index is 837. The van der Waals surface area contributed by atoms with E-state index in [0.717, 1.165) is 50.5 Å². The molecule has 148 valence electrons. The van der Waals surface area contributed by atoms with Crippen molar-refractivity contribution >= 4 is 12.0 Å². The molecule has 1 aliphatic carbocycles. The number of benzene rings is 1. The molecule has 1 amide bonds. The summed E-state index contributed by atoms with van der Waals surface area (Å²) in [5.74, 6) is 1.29. The lowest BCUT2D eigenvalue weighted by atomic mass is 9.85. The van der Waals surface area contributed by atoms with Crippen LogP contribution in [0.25, 0.3) is 6.08 Å². The fourth-order valence-corrected chi connectivity index (χ4v) is 3.67. The lowest BCUT2D eigenvalue weighted by molar-refractivity contribution is -0.127. The summed E-state index contributed by atoms with van der Waals surface area (Å²) in [5.41, 5.74) is 3.35. The molecule has 2 aliphatic rings. The molecule has 0 radical (unpaired) electrons. The van der Waals surface area contributed by atoms with Gasteiger partial charge in [-0.3, -0.25) is 14.4 Å². The summed E-state index contributed by atoms with van der Waals surface area (Å²) in [6, 6.07) is 10.2. The molecule has 1 fully saturated rings. The average Bonchev–Trinajstić information content (AvgIpc) is 3.08. The van der Waals surface area contributed by atoms with E-state index in [1.807, 2.05) is 12.1 Å². The van der Waals surface area contributed by atoms with Crippen molar-refractivity contribution in [3.8, 4) is 5.75 Å². The molecule has 1 aliphatic heterocycles. The summed E-state index contributed by atoms with van der Waals surface area (Å²) in [5, 5.41) is 7.68. The molecule has 0 saturated heterocycles. The van der Waals surface area contributed by atoms with Gasteiger partial charge in [-0.15, -0.1) is 0 Å². The molecule has 0 bridgehead atoms. The summed E-state index contributed by atoms with van der Waals surface area (Å²) in [4.78, 5) is 14.4. The molecular formula is C22H28N4O2. The van der Waals surface area contributed by atoms with Crippen LogP contribution in [0.1, 0.15) is 36.2 Å². The molecular weight excluding hydrogens is 352 g/mol. The van der Waals surface area contributed by atoms with Crippen LogP contribution in [0.15, 0.2) is 36.4 Å². The standard InChI is InChI=1S/C22H28N4O2/c1-28-21-9-7-17(8-10-21)4-3-11-25-12-13-26-20(16-25)14-19(24-26)15-23-22(27)18-5-2-6-18/h3-4,7-10,14,18H,2,5-6,11-13,15-16H2,1H3,(H,23,27). The first-order valence-electron chi connectivity index (χ1n) is 10.1. The van der Waals surface area contributed by atoms with Gasteiger partial charge in [0.2, 0.25) is 5.91 Å². The van der Waals surface area contributed by atoms with Crippen LogP contribution in [0.4, 0.5) is 0 Å². The minimum absolute atomic E-state index is 0.183. The molecule has 0 atom stereocenters. The monoisotopic (exact) mass is 380 g/mol. The summed E-state index contributed by atoms with van der Waals surface area (Å²) >= 11 is 0. The molecule has 0 spiro atoms. The predicted molar refractivity (Wildman–Crippen MR) is 109 cm³/mol. The molecule has 28 heavy (non-hydrogen) atoms. The summed E-state index contributed by atoms with van der Waals surface area (Å²) < 4.78 is 7.27. The molecule has 4 rings (SSSR count). The molecule has 0 unspecified atom stereocenters. The summed E-state index contributed by atoms with van der Waals surface area (Å²) in [7, 11) is 1.68. The van der Waals surface area contributed by atoms with E-state index in [1.54, 1.807) is 7.11 Å². The van der Waals surface area contributed by atoms with Crippen LogP contribution < -0.4 is 10.1 Å². The normalized spacial score (nSPS) is 17.3. The first kappa shape index (κ1) is 18.7. The Morgan fingerprint density at radius 2 is 2.11 bits per heavy atom. The quantitative estimate of drug-likeness (QED) is 0.802. The van der Waals surface area contributed by atoms with Crippen molar-refractivity contribution in [2.75, 3.05) is 20.2 Å². The zero-order valence-corrected chi connectivity index (χ0v) is 16.4. The first-order valence-corrected chi connectivity index (χ1v) is 10.1. The molecule has 6 nitrogen and oxygen atoms in total. The minimum Gasteiger partial charge on any atom is -0.497 e. The molecule has 1 aromatic heterocycles. The molecule has 1 aromatic carbocycles. The van der Waals surface area contributed by atoms with Gasteiger partial charge in [0.05, 0.1) is 31.6 Å². The smallest absolute Gasteiger partial charge is 0.223 e. The van der Waals surface area contributed by atoms with Crippen LogP contribution in [0, 0.1) is 5.92 Å². The number of methoxy groups -OCH3 is 1.